The largest absolute Gasteiger partial charge is 0.497 e. The molecular formula is C32H28BrN3O3. The van der Waals surface area contributed by atoms with Crippen molar-refractivity contribution in [2.45, 2.75) is 18.5 Å². The van der Waals surface area contributed by atoms with Crippen molar-refractivity contribution in [2.75, 3.05) is 19.5 Å². The molecule has 1 amide bonds. The zero-order valence-corrected chi connectivity index (χ0v) is 23.4. The standard InChI is InChI=1S/C32H28BrN3O3/c1-5-13-35-18-26(23-16-21(38-3)8-11-29(23)35)32(25-15-20(33)7-10-28(25)34-31(32)37)27-19-36(14-6-2)30-12-9-22(39-4)17-24(27)30/h5-12,15-19H,1-2,13-14H2,3-4H3,(H,34,37). The van der Waals surface area contributed by atoms with Crippen LogP contribution in [0.25, 0.3) is 21.8 Å². The van der Waals surface area contributed by atoms with Gasteiger partial charge in [0.1, 0.15) is 16.9 Å². The summed E-state index contributed by atoms with van der Waals surface area (Å²) in [6.45, 7) is 9.13. The summed E-state index contributed by atoms with van der Waals surface area (Å²) in [6, 6.07) is 17.9. The number of anilines is 1. The highest BCUT2D eigenvalue weighted by Gasteiger charge is 2.52. The number of nitrogens with zero attached hydrogens (tertiary/aromatic N) is 2. The van der Waals surface area contributed by atoms with Crippen molar-refractivity contribution < 1.29 is 14.3 Å². The maximum Gasteiger partial charge on any atom is 0.244 e. The van der Waals surface area contributed by atoms with Crippen LogP contribution in [0.2, 0.25) is 0 Å². The second kappa shape index (κ2) is 9.50. The Labute approximate surface area is 235 Å². The highest BCUT2D eigenvalue weighted by atomic mass is 79.9. The Balaban J connectivity index is 1.82. The zero-order chi connectivity index (χ0) is 27.3. The molecule has 3 heterocycles. The first-order chi connectivity index (χ1) is 19.0. The van der Waals surface area contributed by atoms with Gasteiger partial charge in [-0.25, -0.2) is 0 Å². The number of hydrogen-bond acceptors (Lipinski definition) is 3. The Hall–Kier alpha value is -4.23. The normalized spacial score (nSPS) is 13.9. The molecule has 39 heavy (non-hydrogen) atoms. The maximum absolute atomic E-state index is 14.5. The second-order valence-corrected chi connectivity index (χ2v) is 10.5. The van der Waals surface area contributed by atoms with Crippen molar-refractivity contribution >= 4 is 49.3 Å². The van der Waals surface area contributed by atoms with Crippen molar-refractivity contribution in [3.05, 3.63) is 113 Å². The van der Waals surface area contributed by atoms with Crippen molar-refractivity contribution in [1.29, 1.82) is 0 Å². The van der Waals surface area contributed by atoms with E-state index in [1.807, 2.05) is 66.7 Å². The highest BCUT2D eigenvalue weighted by Crippen LogP contribution is 2.53. The van der Waals surface area contributed by atoms with Crippen molar-refractivity contribution in [2.24, 2.45) is 0 Å². The molecule has 5 aromatic rings. The van der Waals surface area contributed by atoms with Gasteiger partial charge in [-0.05, 0) is 54.6 Å². The molecular weight excluding hydrogens is 554 g/mol. The van der Waals surface area contributed by atoms with Gasteiger partial charge in [0.2, 0.25) is 5.91 Å². The van der Waals surface area contributed by atoms with Gasteiger partial charge in [0.15, 0.2) is 0 Å². The summed E-state index contributed by atoms with van der Waals surface area (Å²) < 4.78 is 16.4. The Bertz CT molecular complexity index is 1700. The average molecular weight is 582 g/mol. The minimum atomic E-state index is -1.16. The Morgan fingerprint density at radius 3 is 1.85 bits per heavy atom. The lowest BCUT2D eigenvalue weighted by atomic mass is 9.70. The van der Waals surface area contributed by atoms with Crippen molar-refractivity contribution in [1.82, 2.24) is 9.13 Å². The predicted molar refractivity (Wildman–Crippen MR) is 160 cm³/mol. The molecule has 0 unspecified atom stereocenters. The van der Waals surface area contributed by atoms with E-state index in [0.717, 1.165) is 60.2 Å². The van der Waals surface area contributed by atoms with E-state index >= 15 is 0 Å². The molecule has 1 N–H and O–H groups in total. The number of amides is 1. The van der Waals surface area contributed by atoms with Gasteiger partial charge in [-0.2, -0.15) is 0 Å². The topological polar surface area (TPSA) is 57.4 Å². The monoisotopic (exact) mass is 581 g/mol. The summed E-state index contributed by atoms with van der Waals surface area (Å²) >= 11 is 3.67. The van der Waals surface area contributed by atoms with Gasteiger partial charge in [0.25, 0.3) is 0 Å². The van der Waals surface area contributed by atoms with Crippen LogP contribution in [0.15, 0.2) is 96.8 Å². The molecule has 0 bridgehead atoms. The van der Waals surface area contributed by atoms with Crippen LogP contribution in [0.4, 0.5) is 5.69 Å². The fourth-order valence-corrected chi connectivity index (χ4v) is 6.30. The van der Waals surface area contributed by atoms with E-state index < -0.39 is 5.41 Å². The fraction of sp³-hybridized carbons (Fsp3) is 0.156. The summed E-state index contributed by atoms with van der Waals surface area (Å²) in [6.07, 6.45) is 7.89. The molecule has 0 spiro atoms. The molecule has 7 heteroatoms. The van der Waals surface area contributed by atoms with Crippen molar-refractivity contribution in [3.63, 3.8) is 0 Å². The number of methoxy groups -OCH3 is 2. The molecule has 0 saturated heterocycles. The second-order valence-electron chi connectivity index (χ2n) is 9.63. The number of hydrogen-bond donors (Lipinski definition) is 1. The highest BCUT2D eigenvalue weighted by molar-refractivity contribution is 9.10. The van der Waals surface area contributed by atoms with Gasteiger partial charge >= 0.3 is 0 Å². The van der Waals surface area contributed by atoms with E-state index in [2.05, 4.69) is 55.9 Å². The number of carbonyl (C=O) groups excluding carboxylic acids is 1. The number of aromatic nitrogens is 2. The maximum atomic E-state index is 14.5. The van der Waals surface area contributed by atoms with Crippen molar-refractivity contribution in [3.8, 4) is 11.5 Å². The molecule has 6 nitrogen and oxygen atoms in total. The number of halogens is 1. The number of carbonyl (C=O) groups is 1. The van der Waals surface area contributed by atoms with E-state index in [0.29, 0.717) is 13.1 Å². The minimum absolute atomic E-state index is 0.114. The van der Waals surface area contributed by atoms with Gasteiger partial charge in [0, 0.05) is 74.1 Å². The number of rotatable bonds is 8. The third kappa shape index (κ3) is 3.64. The number of allylic oxidation sites excluding steroid dienone is 2. The molecule has 0 aliphatic carbocycles. The van der Waals surface area contributed by atoms with Crippen LogP contribution >= 0.6 is 15.9 Å². The average Bonchev–Trinajstić information content (AvgIpc) is 3.58. The quantitative estimate of drug-likeness (QED) is 0.200. The van der Waals surface area contributed by atoms with Crippen LogP contribution in [0.3, 0.4) is 0 Å². The van der Waals surface area contributed by atoms with Crippen LogP contribution in [-0.4, -0.2) is 29.3 Å². The zero-order valence-electron chi connectivity index (χ0n) is 21.8. The lowest BCUT2D eigenvalue weighted by Crippen LogP contribution is -2.37. The van der Waals surface area contributed by atoms with E-state index in [4.69, 9.17) is 9.47 Å². The third-order valence-electron chi connectivity index (χ3n) is 7.61. The third-order valence-corrected chi connectivity index (χ3v) is 8.10. The number of benzene rings is 3. The molecule has 3 aromatic carbocycles. The summed E-state index contributed by atoms with van der Waals surface area (Å²) in [5.41, 5.74) is 4.22. The first kappa shape index (κ1) is 25.1. The Morgan fingerprint density at radius 1 is 0.821 bits per heavy atom. The van der Waals surface area contributed by atoms with Gasteiger partial charge in [-0.3, -0.25) is 4.79 Å². The van der Waals surface area contributed by atoms with E-state index in [1.54, 1.807) is 14.2 Å². The van der Waals surface area contributed by atoms with Crippen LogP contribution in [0.1, 0.15) is 16.7 Å². The summed E-state index contributed by atoms with van der Waals surface area (Å²) in [5.74, 6) is 1.33. The molecule has 0 fully saturated rings. The number of ether oxygens (including phenoxy) is 2. The van der Waals surface area contributed by atoms with Gasteiger partial charge in [-0.1, -0.05) is 28.1 Å². The number of fused-ring (bicyclic) bond motifs is 3. The van der Waals surface area contributed by atoms with E-state index in [1.165, 1.54) is 0 Å². The molecule has 0 saturated carbocycles. The summed E-state index contributed by atoms with van der Waals surface area (Å²) in [5, 5.41) is 5.07. The van der Waals surface area contributed by atoms with E-state index in [-0.39, 0.29) is 5.91 Å². The lowest BCUT2D eigenvalue weighted by Gasteiger charge is -2.28. The number of nitrogens with one attached hydrogen (secondary N) is 1. The van der Waals surface area contributed by atoms with Crippen LogP contribution in [0.5, 0.6) is 11.5 Å². The van der Waals surface area contributed by atoms with Crippen LogP contribution in [0, 0.1) is 0 Å². The lowest BCUT2D eigenvalue weighted by molar-refractivity contribution is -0.118. The smallest absolute Gasteiger partial charge is 0.244 e. The molecule has 0 atom stereocenters. The molecule has 0 radical (unpaired) electrons. The first-order valence-corrected chi connectivity index (χ1v) is 13.4. The summed E-state index contributed by atoms with van der Waals surface area (Å²) in [7, 11) is 3.31. The molecule has 1 aliphatic heterocycles. The van der Waals surface area contributed by atoms with Gasteiger partial charge in [0.05, 0.1) is 14.2 Å². The summed E-state index contributed by atoms with van der Waals surface area (Å²) in [4.78, 5) is 14.5. The SMILES string of the molecule is C=CCn1cc(C2(c3cn(CC=C)c4ccc(OC)cc34)C(=O)Nc3ccc(Br)cc32)c2cc(OC)ccc21. The fourth-order valence-electron chi connectivity index (χ4n) is 5.94. The van der Waals surface area contributed by atoms with E-state index in [9.17, 15) is 4.79 Å². The molecule has 6 rings (SSSR count). The predicted octanol–water partition coefficient (Wildman–Crippen LogP) is 7.03. The minimum Gasteiger partial charge on any atom is -0.497 e. The Kier molecular flexibility index (Phi) is 6.11. The first-order valence-electron chi connectivity index (χ1n) is 12.6. The van der Waals surface area contributed by atoms with Gasteiger partial charge in [-0.15, -0.1) is 13.2 Å². The van der Waals surface area contributed by atoms with Gasteiger partial charge < -0.3 is 23.9 Å². The molecule has 196 valence electrons. The van der Waals surface area contributed by atoms with Crippen LogP contribution < -0.4 is 14.8 Å². The molecule has 1 aliphatic rings. The van der Waals surface area contributed by atoms with Crippen LogP contribution in [-0.2, 0) is 23.3 Å². The Morgan fingerprint density at radius 2 is 1.36 bits per heavy atom. The molecule has 2 aromatic heterocycles.